The maximum absolute atomic E-state index is 12.4. The standard InChI is InChI=1S/C22H24N4O3S/c1-4-26-20(18-12-7-6-9-15(18)3)24-25-22(26)30-14-19(27)23-17-11-8-10-16(13-17)21(28)29-5-2/h6-13H,4-5,14H2,1-3H3,(H,23,27). The summed E-state index contributed by atoms with van der Waals surface area (Å²) in [5.41, 5.74) is 3.09. The van der Waals surface area contributed by atoms with E-state index in [1.165, 1.54) is 11.8 Å². The number of esters is 1. The zero-order chi connectivity index (χ0) is 21.5. The molecule has 0 spiro atoms. The highest BCUT2D eigenvalue weighted by molar-refractivity contribution is 7.99. The number of aryl methyl sites for hydroxylation is 1. The number of aromatic nitrogens is 3. The van der Waals surface area contributed by atoms with Crippen molar-refractivity contribution in [2.24, 2.45) is 0 Å². The lowest BCUT2D eigenvalue weighted by Crippen LogP contribution is -2.15. The number of thioether (sulfide) groups is 1. The number of ether oxygens (including phenoxy) is 1. The van der Waals surface area contributed by atoms with E-state index in [9.17, 15) is 9.59 Å². The number of carbonyl (C=O) groups excluding carboxylic acids is 2. The van der Waals surface area contributed by atoms with E-state index in [0.29, 0.717) is 29.6 Å². The molecule has 0 fully saturated rings. The van der Waals surface area contributed by atoms with E-state index in [-0.39, 0.29) is 11.7 Å². The summed E-state index contributed by atoms with van der Waals surface area (Å²) in [6.07, 6.45) is 0. The van der Waals surface area contributed by atoms with Crippen LogP contribution in [0.1, 0.15) is 29.8 Å². The van der Waals surface area contributed by atoms with E-state index in [1.54, 1.807) is 31.2 Å². The molecule has 0 radical (unpaired) electrons. The van der Waals surface area contributed by atoms with Gasteiger partial charge in [0, 0.05) is 17.8 Å². The van der Waals surface area contributed by atoms with Crippen LogP contribution in [-0.2, 0) is 16.1 Å². The second kappa shape index (κ2) is 10.1. The third-order valence-corrected chi connectivity index (χ3v) is 5.38. The molecule has 1 N–H and O–H groups in total. The van der Waals surface area contributed by atoms with Crippen LogP contribution in [0.2, 0.25) is 0 Å². The fourth-order valence-corrected chi connectivity index (χ4v) is 3.77. The van der Waals surface area contributed by atoms with Gasteiger partial charge in [0.05, 0.1) is 17.9 Å². The summed E-state index contributed by atoms with van der Waals surface area (Å²) in [5, 5.41) is 12.1. The topological polar surface area (TPSA) is 86.1 Å². The van der Waals surface area contributed by atoms with Crippen molar-refractivity contribution in [2.75, 3.05) is 17.7 Å². The minimum Gasteiger partial charge on any atom is -0.462 e. The van der Waals surface area contributed by atoms with Crippen LogP contribution in [-0.4, -0.2) is 39.0 Å². The molecule has 0 unspecified atom stereocenters. The maximum Gasteiger partial charge on any atom is 0.338 e. The van der Waals surface area contributed by atoms with Gasteiger partial charge in [-0.15, -0.1) is 10.2 Å². The van der Waals surface area contributed by atoms with Crippen molar-refractivity contribution in [2.45, 2.75) is 32.5 Å². The van der Waals surface area contributed by atoms with Crippen LogP contribution < -0.4 is 5.32 Å². The lowest BCUT2D eigenvalue weighted by atomic mass is 10.1. The molecule has 0 aliphatic rings. The molecule has 0 saturated carbocycles. The highest BCUT2D eigenvalue weighted by Gasteiger charge is 2.16. The number of hydrogen-bond acceptors (Lipinski definition) is 6. The van der Waals surface area contributed by atoms with Gasteiger partial charge in [-0.2, -0.15) is 0 Å². The summed E-state index contributed by atoms with van der Waals surface area (Å²) in [6.45, 7) is 6.81. The first kappa shape index (κ1) is 21.6. The molecule has 156 valence electrons. The Kier molecular flexibility index (Phi) is 7.24. The molecule has 0 atom stereocenters. The zero-order valence-electron chi connectivity index (χ0n) is 17.2. The van der Waals surface area contributed by atoms with E-state index in [0.717, 1.165) is 17.0 Å². The number of carbonyl (C=O) groups is 2. The largest absolute Gasteiger partial charge is 0.462 e. The van der Waals surface area contributed by atoms with Crippen molar-refractivity contribution in [1.29, 1.82) is 0 Å². The Hall–Kier alpha value is -3.13. The molecule has 7 nitrogen and oxygen atoms in total. The Labute approximate surface area is 179 Å². The average molecular weight is 425 g/mol. The molecule has 0 aliphatic heterocycles. The third-order valence-electron chi connectivity index (χ3n) is 4.41. The molecule has 0 aliphatic carbocycles. The quantitative estimate of drug-likeness (QED) is 0.431. The predicted octanol–water partition coefficient (Wildman–Crippen LogP) is 4.18. The first-order valence-electron chi connectivity index (χ1n) is 9.72. The number of nitrogens with one attached hydrogen (secondary N) is 1. The van der Waals surface area contributed by atoms with Crippen LogP contribution in [0.4, 0.5) is 5.69 Å². The van der Waals surface area contributed by atoms with Gasteiger partial charge in [-0.3, -0.25) is 4.79 Å². The van der Waals surface area contributed by atoms with Gasteiger partial charge in [0.1, 0.15) is 0 Å². The van der Waals surface area contributed by atoms with Crippen molar-refractivity contribution in [1.82, 2.24) is 14.8 Å². The van der Waals surface area contributed by atoms with E-state index < -0.39 is 5.97 Å². The van der Waals surface area contributed by atoms with Gasteiger partial charge in [0.2, 0.25) is 5.91 Å². The van der Waals surface area contributed by atoms with E-state index in [4.69, 9.17) is 4.74 Å². The highest BCUT2D eigenvalue weighted by atomic mass is 32.2. The molecule has 1 amide bonds. The van der Waals surface area contributed by atoms with Crippen LogP contribution >= 0.6 is 11.8 Å². The first-order chi connectivity index (χ1) is 14.5. The Morgan fingerprint density at radius 2 is 1.90 bits per heavy atom. The molecule has 8 heteroatoms. The van der Waals surface area contributed by atoms with E-state index in [1.807, 2.05) is 42.7 Å². The fourth-order valence-electron chi connectivity index (χ4n) is 2.97. The van der Waals surface area contributed by atoms with Crippen molar-refractivity contribution in [3.8, 4) is 11.4 Å². The van der Waals surface area contributed by atoms with Crippen molar-refractivity contribution in [3.05, 3.63) is 59.7 Å². The molecule has 2 aromatic carbocycles. The maximum atomic E-state index is 12.4. The molecule has 0 bridgehead atoms. The second-order valence-corrected chi connectivity index (χ2v) is 7.45. The molecule has 3 rings (SSSR count). The zero-order valence-corrected chi connectivity index (χ0v) is 18.0. The average Bonchev–Trinajstić information content (AvgIpc) is 3.15. The Bertz CT molecular complexity index is 1050. The van der Waals surface area contributed by atoms with Crippen molar-refractivity contribution in [3.63, 3.8) is 0 Å². The molecular formula is C22H24N4O3S. The van der Waals surface area contributed by atoms with Crippen LogP contribution in [0.3, 0.4) is 0 Å². The monoisotopic (exact) mass is 424 g/mol. The molecular weight excluding hydrogens is 400 g/mol. The van der Waals surface area contributed by atoms with Gasteiger partial charge in [-0.05, 0) is 44.5 Å². The van der Waals surface area contributed by atoms with Gasteiger partial charge in [0.25, 0.3) is 0 Å². The Morgan fingerprint density at radius 3 is 2.63 bits per heavy atom. The highest BCUT2D eigenvalue weighted by Crippen LogP contribution is 2.26. The molecule has 1 heterocycles. The lowest BCUT2D eigenvalue weighted by molar-refractivity contribution is -0.113. The minimum absolute atomic E-state index is 0.176. The number of hydrogen-bond donors (Lipinski definition) is 1. The SMILES string of the molecule is CCOC(=O)c1cccc(NC(=O)CSc2nnc(-c3ccccc3C)n2CC)c1. The van der Waals surface area contributed by atoms with Gasteiger partial charge >= 0.3 is 5.97 Å². The van der Waals surface area contributed by atoms with Crippen LogP contribution in [0.25, 0.3) is 11.4 Å². The van der Waals surface area contributed by atoms with Crippen LogP contribution in [0.15, 0.2) is 53.7 Å². The second-order valence-electron chi connectivity index (χ2n) is 6.50. The van der Waals surface area contributed by atoms with Gasteiger partial charge in [-0.25, -0.2) is 4.79 Å². The van der Waals surface area contributed by atoms with E-state index >= 15 is 0 Å². The summed E-state index contributed by atoms with van der Waals surface area (Å²) >= 11 is 1.32. The molecule has 30 heavy (non-hydrogen) atoms. The fraction of sp³-hybridized carbons (Fsp3) is 0.273. The van der Waals surface area contributed by atoms with Crippen molar-refractivity contribution < 1.29 is 14.3 Å². The van der Waals surface area contributed by atoms with Gasteiger partial charge in [0.15, 0.2) is 11.0 Å². The number of rotatable bonds is 8. The van der Waals surface area contributed by atoms with Gasteiger partial charge in [-0.1, -0.05) is 42.1 Å². The van der Waals surface area contributed by atoms with Crippen molar-refractivity contribution >= 4 is 29.3 Å². The molecule has 0 saturated heterocycles. The molecule has 3 aromatic rings. The number of amides is 1. The Balaban J connectivity index is 1.66. The molecule has 1 aromatic heterocycles. The minimum atomic E-state index is -0.414. The lowest BCUT2D eigenvalue weighted by Gasteiger charge is -2.09. The Morgan fingerprint density at radius 1 is 1.10 bits per heavy atom. The summed E-state index contributed by atoms with van der Waals surface area (Å²) in [6, 6.07) is 14.7. The van der Waals surface area contributed by atoms with Crippen LogP contribution in [0.5, 0.6) is 0 Å². The number of nitrogens with zero attached hydrogens (tertiary/aromatic N) is 3. The summed E-state index contributed by atoms with van der Waals surface area (Å²) in [5.74, 6) is 0.364. The van der Waals surface area contributed by atoms with Gasteiger partial charge < -0.3 is 14.6 Å². The number of benzene rings is 2. The smallest absolute Gasteiger partial charge is 0.338 e. The summed E-state index contributed by atoms with van der Waals surface area (Å²) in [4.78, 5) is 24.3. The number of anilines is 1. The van der Waals surface area contributed by atoms with Crippen LogP contribution in [0, 0.1) is 6.92 Å². The normalized spacial score (nSPS) is 10.6. The third kappa shape index (κ3) is 5.07. The first-order valence-corrected chi connectivity index (χ1v) is 10.7. The summed E-state index contributed by atoms with van der Waals surface area (Å²) < 4.78 is 6.99. The van der Waals surface area contributed by atoms with E-state index in [2.05, 4.69) is 15.5 Å². The predicted molar refractivity (Wildman–Crippen MR) is 118 cm³/mol. The summed E-state index contributed by atoms with van der Waals surface area (Å²) in [7, 11) is 0.